The van der Waals surface area contributed by atoms with Crippen LogP contribution in [0.25, 0.3) is 88.6 Å². The minimum Gasteiger partial charge on any atom is -0.261 e. The van der Waals surface area contributed by atoms with Crippen molar-refractivity contribution in [3.63, 3.8) is 0 Å². The number of benzene rings is 5. The molecule has 0 bridgehead atoms. The number of pyridine rings is 2. The van der Waals surface area contributed by atoms with Gasteiger partial charge in [0.25, 0.3) is 0 Å². The Balaban J connectivity index is 1.19. The molecule has 0 aliphatic heterocycles. The fourth-order valence-electron chi connectivity index (χ4n) is 6.37. The summed E-state index contributed by atoms with van der Waals surface area (Å²) >= 11 is 0. The topological polar surface area (TPSA) is 51.6 Å². The molecule has 1 aliphatic rings. The van der Waals surface area contributed by atoms with Gasteiger partial charge in [-0.2, -0.15) is 0 Å². The Labute approximate surface area is 242 Å². The third-order valence-electron chi connectivity index (χ3n) is 8.38. The van der Waals surface area contributed by atoms with Crippen molar-refractivity contribution in [3.05, 3.63) is 134 Å². The highest BCUT2D eigenvalue weighted by Gasteiger charge is 2.22. The quantitative estimate of drug-likeness (QED) is 0.212. The van der Waals surface area contributed by atoms with Gasteiger partial charge in [-0.1, -0.05) is 103 Å². The van der Waals surface area contributed by atoms with Crippen LogP contribution < -0.4 is 0 Å². The predicted molar refractivity (Wildman–Crippen MR) is 171 cm³/mol. The largest absolute Gasteiger partial charge is 0.261 e. The lowest BCUT2D eigenvalue weighted by molar-refractivity contribution is 1.21. The van der Waals surface area contributed by atoms with Crippen LogP contribution in [-0.2, 0) is 0 Å². The molecule has 194 valence electrons. The van der Waals surface area contributed by atoms with Crippen LogP contribution in [0.3, 0.4) is 0 Å². The van der Waals surface area contributed by atoms with Crippen LogP contribution in [0.4, 0.5) is 0 Å². The van der Waals surface area contributed by atoms with E-state index >= 15 is 0 Å². The van der Waals surface area contributed by atoms with Gasteiger partial charge in [0.2, 0.25) is 0 Å². The van der Waals surface area contributed by atoms with E-state index in [0.717, 1.165) is 55.6 Å². The van der Waals surface area contributed by atoms with E-state index in [1.807, 2.05) is 0 Å². The van der Waals surface area contributed by atoms with Crippen LogP contribution in [0.1, 0.15) is 0 Å². The summed E-state index contributed by atoms with van der Waals surface area (Å²) in [7, 11) is 0. The van der Waals surface area contributed by atoms with Crippen molar-refractivity contribution in [2.45, 2.75) is 0 Å². The number of hydrogen-bond acceptors (Lipinski definition) is 4. The number of aromatic nitrogens is 4. The van der Waals surface area contributed by atoms with Crippen LogP contribution in [0, 0.1) is 0 Å². The lowest BCUT2D eigenvalue weighted by atomic mass is 9.96. The number of nitrogens with zero attached hydrogens (tertiary/aromatic N) is 4. The molecular weight excluding hydrogens is 512 g/mol. The third kappa shape index (κ3) is 3.42. The van der Waals surface area contributed by atoms with Gasteiger partial charge in [-0.05, 0) is 45.2 Å². The molecule has 0 spiro atoms. The van der Waals surface area contributed by atoms with Crippen molar-refractivity contribution in [2.75, 3.05) is 0 Å². The zero-order chi connectivity index (χ0) is 27.6. The molecule has 5 aromatic carbocycles. The minimum absolute atomic E-state index is 0.852. The molecule has 0 atom stereocenters. The Kier molecular flexibility index (Phi) is 4.87. The lowest BCUT2D eigenvalue weighted by Crippen LogP contribution is -1.92. The van der Waals surface area contributed by atoms with E-state index in [9.17, 15) is 0 Å². The van der Waals surface area contributed by atoms with Crippen LogP contribution in [-0.4, -0.2) is 19.9 Å². The van der Waals surface area contributed by atoms with Crippen LogP contribution in [0.5, 0.6) is 0 Å². The highest BCUT2D eigenvalue weighted by atomic mass is 14.8. The number of rotatable bonds is 3. The van der Waals surface area contributed by atoms with E-state index in [-0.39, 0.29) is 0 Å². The van der Waals surface area contributed by atoms with Gasteiger partial charge in [0.05, 0.1) is 34.3 Å². The molecule has 0 saturated carbocycles. The Morgan fingerprint density at radius 1 is 0.405 bits per heavy atom. The summed E-state index contributed by atoms with van der Waals surface area (Å²) < 4.78 is 0. The zero-order valence-electron chi connectivity index (χ0n) is 22.5. The van der Waals surface area contributed by atoms with Crippen molar-refractivity contribution >= 4 is 32.6 Å². The van der Waals surface area contributed by atoms with Gasteiger partial charge >= 0.3 is 0 Å². The monoisotopic (exact) mass is 534 g/mol. The van der Waals surface area contributed by atoms with E-state index in [0.29, 0.717) is 0 Å². The summed E-state index contributed by atoms with van der Waals surface area (Å²) in [4.78, 5) is 19.0. The molecule has 0 unspecified atom stereocenters. The van der Waals surface area contributed by atoms with Gasteiger partial charge in [0, 0.05) is 39.9 Å². The molecule has 42 heavy (non-hydrogen) atoms. The highest BCUT2D eigenvalue weighted by Crippen LogP contribution is 2.49. The molecule has 8 aromatic rings. The smallest absolute Gasteiger partial charge is 0.0972 e. The molecule has 0 radical (unpaired) electrons. The standard InChI is InChI=1S/C38H22N4/c1-2-5-28-27(4-1)30-6-3-7-31-29(16-17-32(28)36(30)31)34-19-15-26-13-12-25-14-18-33(41-37(25)38(26)42-34)23-8-10-24(11-9-23)35-22-39-20-21-40-35/h1-22H. The van der Waals surface area contributed by atoms with Gasteiger partial charge in [-0.3, -0.25) is 9.97 Å². The zero-order valence-corrected chi connectivity index (χ0v) is 22.5. The number of fused-ring (bicyclic) bond motifs is 6. The van der Waals surface area contributed by atoms with Crippen molar-refractivity contribution in [2.24, 2.45) is 0 Å². The van der Waals surface area contributed by atoms with Gasteiger partial charge in [0.15, 0.2) is 0 Å². The van der Waals surface area contributed by atoms with Crippen LogP contribution in [0.15, 0.2) is 134 Å². The molecule has 3 aromatic heterocycles. The van der Waals surface area contributed by atoms with Gasteiger partial charge in [-0.15, -0.1) is 0 Å². The molecule has 3 heterocycles. The lowest BCUT2D eigenvalue weighted by Gasteiger charge is -2.11. The summed E-state index contributed by atoms with van der Waals surface area (Å²) in [6, 6.07) is 40.9. The molecule has 0 fully saturated rings. The van der Waals surface area contributed by atoms with Crippen molar-refractivity contribution in [1.29, 1.82) is 0 Å². The van der Waals surface area contributed by atoms with Crippen molar-refractivity contribution in [3.8, 4) is 56.0 Å². The second-order valence-corrected chi connectivity index (χ2v) is 10.7. The molecule has 0 saturated heterocycles. The minimum atomic E-state index is 0.852. The first kappa shape index (κ1) is 23.0. The first-order valence-electron chi connectivity index (χ1n) is 14.1. The van der Waals surface area contributed by atoms with Gasteiger partial charge < -0.3 is 0 Å². The first-order valence-corrected chi connectivity index (χ1v) is 14.1. The summed E-state index contributed by atoms with van der Waals surface area (Å²) in [5, 5.41) is 4.68. The van der Waals surface area contributed by atoms with E-state index in [1.54, 1.807) is 18.6 Å². The average Bonchev–Trinajstić information content (AvgIpc) is 3.40. The molecule has 0 N–H and O–H groups in total. The molecule has 4 nitrogen and oxygen atoms in total. The molecule has 9 rings (SSSR count). The molecule has 0 amide bonds. The summed E-state index contributed by atoms with van der Waals surface area (Å²) in [6.45, 7) is 0. The van der Waals surface area contributed by atoms with E-state index in [4.69, 9.17) is 9.97 Å². The molecule has 4 heteroatoms. The Morgan fingerprint density at radius 2 is 1.00 bits per heavy atom. The fraction of sp³-hybridized carbons (Fsp3) is 0. The SMILES string of the molecule is c1ccc2c(c1)-c1cccc3c(-c4ccc5ccc6ccc(-c7ccc(-c8cnccn8)cc7)nc6c5n4)ccc-2c13. The number of hydrogen-bond donors (Lipinski definition) is 0. The van der Waals surface area contributed by atoms with Crippen molar-refractivity contribution in [1.82, 2.24) is 19.9 Å². The maximum absolute atomic E-state index is 5.26. The predicted octanol–water partition coefficient (Wildman–Crippen LogP) is 9.37. The van der Waals surface area contributed by atoms with Gasteiger partial charge in [-0.25, -0.2) is 9.97 Å². The maximum atomic E-state index is 5.26. The summed E-state index contributed by atoms with van der Waals surface area (Å²) in [5.74, 6) is 0. The van der Waals surface area contributed by atoms with Gasteiger partial charge in [0.1, 0.15) is 0 Å². The van der Waals surface area contributed by atoms with E-state index in [1.165, 1.54) is 33.0 Å². The second-order valence-electron chi connectivity index (χ2n) is 10.7. The maximum Gasteiger partial charge on any atom is 0.0972 e. The first-order chi connectivity index (χ1) is 20.8. The summed E-state index contributed by atoms with van der Waals surface area (Å²) in [6.07, 6.45) is 5.17. The van der Waals surface area contributed by atoms with Crippen LogP contribution >= 0.6 is 0 Å². The van der Waals surface area contributed by atoms with Crippen LogP contribution in [0.2, 0.25) is 0 Å². The average molecular weight is 535 g/mol. The summed E-state index contributed by atoms with van der Waals surface area (Å²) in [5.41, 5.74) is 12.9. The molecule has 1 aliphatic carbocycles. The van der Waals surface area contributed by atoms with E-state index < -0.39 is 0 Å². The second kappa shape index (κ2) is 8.88. The Morgan fingerprint density at radius 3 is 1.71 bits per heavy atom. The van der Waals surface area contributed by atoms with Crippen molar-refractivity contribution < 1.29 is 0 Å². The third-order valence-corrected chi connectivity index (χ3v) is 8.38. The fourth-order valence-corrected chi connectivity index (χ4v) is 6.37. The Bertz CT molecular complexity index is 2310. The van der Waals surface area contributed by atoms with E-state index in [2.05, 4.69) is 125 Å². The Hall–Kier alpha value is -5.74. The normalized spacial score (nSPS) is 11.8. The molecular formula is C38H22N4. The highest BCUT2D eigenvalue weighted by molar-refractivity contribution is 6.18.